The monoisotopic (exact) mass is 592 g/mol. The van der Waals surface area contributed by atoms with E-state index in [9.17, 15) is 0 Å². The summed E-state index contributed by atoms with van der Waals surface area (Å²) in [5.41, 5.74) is 12.6. The fourth-order valence-electron chi connectivity index (χ4n) is 7.26. The van der Waals surface area contributed by atoms with Crippen molar-refractivity contribution in [2.75, 3.05) is 0 Å². The molecular weight excluding hydrogens is 560 g/mol. The molecule has 0 amide bonds. The fourth-order valence-corrected chi connectivity index (χ4v) is 7.26. The summed E-state index contributed by atoms with van der Waals surface area (Å²) in [5.74, 6) is 0. The zero-order chi connectivity index (χ0) is 30.8. The van der Waals surface area contributed by atoms with Crippen molar-refractivity contribution in [1.29, 1.82) is 0 Å². The van der Waals surface area contributed by atoms with Crippen LogP contribution < -0.4 is 0 Å². The van der Waals surface area contributed by atoms with Crippen LogP contribution in [0.1, 0.15) is 24.6 Å². The lowest BCUT2D eigenvalue weighted by Gasteiger charge is -2.09. The van der Waals surface area contributed by atoms with E-state index < -0.39 is 0 Å². The molecule has 220 valence electrons. The second kappa shape index (κ2) is 10.4. The van der Waals surface area contributed by atoms with Crippen LogP contribution in [0.5, 0.6) is 0 Å². The predicted molar refractivity (Wildman–Crippen MR) is 194 cm³/mol. The summed E-state index contributed by atoms with van der Waals surface area (Å²) in [6.45, 7) is 4.40. The maximum absolute atomic E-state index is 6.37. The standard InChI is InChI=1S/C43H32N2O/c1-3-4-14-33-28(2)44(39-17-10-8-15-34(33)39)32-21-24-43-38(27-32)37-26-30(20-23-42(37)46-43)29-19-22-41-36(25-29)35-16-9-11-18-40(35)45(41)31-12-6-5-7-13-31/h4-27H,3H2,1-2H3/b14-4-. The fraction of sp³-hybridized carbons (Fsp3) is 0.0698. The summed E-state index contributed by atoms with van der Waals surface area (Å²) < 4.78 is 11.1. The molecule has 0 aliphatic carbocycles. The summed E-state index contributed by atoms with van der Waals surface area (Å²) in [6.07, 6.45) is 5.51. The summed E-state index contributed by atoms with van der Waals surface area (Å²) in [6, 6.07) is 48.0. The molecule has 0 saturated carbocycles. The molecular formula is C43H32N2O. The largest absolute Gasteiger partial charge is 0.456 e. The van der Waals surface area contributed by atoms with E-state index in [0.29, 0.717) is 0 Å². The van der Waals surface area contributed by atoms with E-state index in [-0.39, 0.29) is 0 Å². The molecule has 3 nitrogen and oxygen atoms in total. The lowest BCUT2D eigenvalue weighted by Crippen LogP contribution is -1.96. The smallest absolute Gasteiger partial charge is 0.135 e. The molecule has 9 rings (SSSR count). The third-order valence-corrected chi connectivity index (χ3v) is 9.41. The van der Waals surface area contributed by atoms with Crippen molar-refractivity contribution in [2.45, 2.75) is 20.3 Å². The molecule has 0 spiro atoms. The van der Waals surface area contributed by atoms with Crippen molar-refractivity contribution < 1.29 is 4.42 Å². The number of hydrogen-bond donors (Lipinski definition) is 0. The van der Waals surface area contributed by atoms with Gasteiger partial charge in [-0.2, -0.15) is 0 Å². The van der Waals surface area contributed by atoms with Gasteiger partial charge in [0.1, 0.15) is 11.2 Å². The molecule has 3 heteroatoms. The molecule has 0 N–H and O–H groups in total. The second-order valence-electron chi connectivity index (χ2n) is 12.1. The van der Waals surface area contributed by atoms with Gasteiger partial charge in [0.15, 0.2) is 0 Å². The summed E-state index contributed by atoms with van der Waals surface area (Å²) >= 11 is 0. The van der Waals surface area contributed by atoms with Crippen molar-refractivity contribution in [1.82, 2.24) is 9.13 Å². The Morgan fingerprint density at radius 3 is 1.91 bits per heavy atom. The van der Waals surface area contributed by atoms with Crippen LogP contribution >= 0.6 is 0 Å². The SMILES string of the molecule is CC/C=C\c1c(C)n(-c2ccc3oc4ccc(-c5ccc6c(c5)c5ccccc5n6-c5ccccc5)cc4c3c2)c2ccccc12. The topological polar surface area (TPSA) is 23.0 Å². The van der Waals surface area contributed by atoms with E-state index in [1.165, 1.54) is 60.8 Å². The Balaban J connectivity index is 1.21. The maximum atomic E-state index is 6.37. The molecule has 46 heavy (non-hydrogen) atoms. The molecule has 3 aromatic heterocycles. The van der Waals surface area contributed by atoms with Gasteiger partial charge in [0.25, 0.3) is 0 Å². The number of hydrogen-bond acceptors (Lipinski definition) is 1. The van der Waals surface area contributed by atoms with Crippen LogP contribution in [-0.4, -0.2) is 9.13 Å². The number of furan rings is 1. The number of nitrogens with zero attached hydrogens (tertiary/aromatic N) is 2. The molecule has 3 heterocycles. The first-order chi connectivity index (χ1) is 22.7. The molecule has 0 bridgehead atoms. The molecule has 0 aliphatic heterocycles. The van der Waals surface area contributed by atoms with E-state index in [4.69, 9.17) is 4.42 Å². The molecule has 6 aromatic carbocycles. The number of aromatic nitrogens is 2. The zero-order valence-corrected chi connectivity index (χ0v) is 25.9. The first kappa shape index (κ1) is 26.6. The number of benzene rings is 6. The average Bonchev–Trinajstić information content (AvgIpc) is 3.73. The van der Waals surface area contributed by atoms with Crippen LogP contribution in [0.25, 0.3) is 83.2 Å². The Morgan fingerprint density at radius 2 is 1.13 bits per heavy atom. The van der Waals surface area contributed by atoms with Crippen LogP contribution in [0.15, 0.2) is 144 Å². The highest BCUT2D eigenvalue weighted by Crippen LogP contribution is 2.38. The normalized spacial score (nSPS) is 12.1. The van der Waals surface area contributed by atoms with E-state index in [2.05, 4.69) is 169 Å². The van der Waals surface area contributed by atoms with Crippen LogP contribution in [0, 0.1) is 6.92 Å². The molecule has 0 unspecified atom stereocenters. The molecule has 0 aliphatic rings. The number of rotatable bonds is 5. The molecule has 0 fully saturated rings. The minimum absolute atomic E-state index is 0.900. The number of fused-ring (bicyclic) bond motifs is 7. The maximum Gasteiger partial charge on any atom is 0.135 e. The quantitative estimate of drug-likeness (QED) is 0.195. The zero-order valence-electron chi connectivity index (χ0n) is 25.9. The van der Waals surface area contributed by atoms with Gasteiger partial charge in [-0.3, -0.25) is 0 Å². The van der Waals surface area contributed by atoms with Gasteiger partial charge in [0, 0.05) is 49.6 Å². The summed E-state index contributed by atoms with van der Waals surface area (Å²) in [4.78, 5) is 0. The van der Waals surface area contributed by atoms with Gasteiger partial charge in [0.2, 0.25) is 0 Å². The van der Waals surface area contributed by atoms with Crippen LogP contribution in [0.2, 0.25) is 0 Å². The van der Waals surface area contributed by atoms with Gasteiger partial charge in [0.05, 0.1) is 16.6 Å². The van der Waals surface area contributed by atoms with Gasteiger partial charge < -0.3 is 13.6 Å². The third kappa shape index (κ3) is 3.98. The van der Waals surface area contributed by atoms with Crippen LogP contribution in [0.4, 0.5) is 0 Å². The summed E-state index contributed by atoms with van der Waals surface area (Å²) in [5, 5.41) is 6.03. The van der Waals surface area contributed by atoms with Gasteiger partial charge in [-0.15, -0.1) is 0 Å². The average molecular weight is 593 g/mol. The lowest BCUT2D eigenvalue weighted by atomic mass is 10.0. The van der Waals surface area contributed by atoms with E-state index in [1.807, 2.05) is 0 Å². The number of para-hydroxylation sites is 3. The Hall–Kier alpha value is -5.80. The van der Waals surface area contributed by atoms with Crippen molar-refractivity contribution >= 4 is 60.7 Å². The Morgan fingerprint density at radius 1 is 0.522 bits per heavy atom. The highest BCUT2D eigenvalue weighted by molar-refractivity contribution is 6.11. The minimum atomic E-state index is 0.900. The number of allylic oxidation sites excluding steroid dienone is 1. The lowest BCUT2D eigenvalue weighted by molar-refractivity contribution is 0.669. The third-order valence-electron chi connectivity index (χ3n) is 9.41. The predicted octanol–water partition coefficient (Wildman–Crippen LogP) is 12.0. The Bertz CT molecular complexity index is 2630. The van der Waals surface area contributed by atoms with E-state index >= 15 is 0 Å². The highest BCUT2D eigenvalue weighted by atomic mass is 16.3. The first-order valence-electron chi connectivity index (χ1n) is 16.0. The van der Waals surface area contributed by atoms with Gasteiger partial charge in [-0.05, 0) is 91.2 Å². The van der Waals surface area contributed by atoms with Crippen molar-refractivity contribution in [3.63, 3.8) is 0 Å². The Labute approximate surface area is 267 Å². The first-order valence-corrected chi connectivity index (χ1v) is 16.0. The van der Waals surface area contributed by atoms with Crippen molar-refractivity contribution in [2.24, 2.45) is 0 Å². The molecule has 0 radical (unpaired) electrons. The summed E-state index contributed by atoms with van der Waals surface area (Å²) in [7, 11) is 0. The molecule has 0 atom stereocenters. The second-order valence-corrected chi connectivity index (χ2v) is 12.1. The Kier molecular flexibility index (Phi) is 6.01. The van der Waals surface area contributed by atoms with Crippen molar-refractivity contribution in [3.8, 4) is 22.5 Å². The molecule has 0 saturated heterocycles. The van der Waals surface area contributed by atoms with E-state index in [0.717, 1.165) is 34.0 Å². The van der Waals surface area contributed by atoms with Gasteiger partial charge in [-0.25, -0.2) is 0 Å². The van der Waals surface area contributed by atoms with Crippen molar-refractivity contribution in [3.05, 3.63) is 151 Å². The minimum Gasteiger partial charge on any atom is -0.456 e. The highest BCUT2D eigenvalue weighted by Gasteiger charge is 2.17. The van der Waals surface area contributed by atoms with Gasteiger partial charge >= 0.3 is 0 Å². The van der Waals surface area contributed by atoms with Crippen LogP contribution in [0.3, 0.4) is 0 Å². The van der Waals surface area contributed by atoms with Gasteiger partial charge in [-0.1, -0.05) is 85.8 Å². The van der Waals surface area contributed by atoms with E-state index in [1.54, 1.807) is 0 Å². The van der Waals surface area contributed by atoms with Crippen LogP contribution in [-0.2, 0) is 0 Å². The molecule has 9 aromatic rings.